The minimum atomic E-state index is 0.744. The van der Waals surface area contributed by atoms with Gasteiger partial charge in [0, 0.05) is 0 Å². The topological polar surface area (TPSA) is 9.23 Å². The highest BCUT2D eigenvalue weighted by molar-refractivity contribution is 4.68. The minimum absolute atomic E-state index is 0.744. The highest BCUT2D eigenvalue weighted by atomic mass is 16.5. The first kappa shape index (κ1) is 7.28. The van der Waals surface area contributed by atoms with E-state index in [2.05, 4.69) is 6.58 Å². The van der Waals surface area contributed by atoms with Crippen molar-refractivity contribution in [1.29, 1.82) is 0 Å². The summed E-state index contributed by atoms with van der Waals surface area (Å²) in [6.45, 7) is 6.22. The molecule has 1 heteroatoms. The molecular weight excluding hydrogens is 100 g/mol. The quantitative estimate of drug-likeness (QED) is 0.307. The van der Waals surface area contributed by atoms with Crippen molar-refractivity contribution in [2.24, 2.45) is 0 Å². The van der Waals surface area contributed by atoms with E-state index in [0.29, 0.717) is 0 Å². The number of rotatable bonds is 4. The Labute approximate surface area is 50.7 Å². The molecule has 0 aromatic rings. The van der Waals surface area contributed by atoms with Gasteiger partial charge in [-0.05, 0) is 13.3 Å². The Hall–Kier alpha value is -0.720. The fourth-order valence-corrected chi connectivity index (χ4v) is 0.316. The monoisotopic (exact) mass is 112 g/mol. The third-order valence-corrected chi connectivity index (χ3v) is 0.672. The van der Waals surface area contributed by atoms with Gasteiger partial charge in [0.1, 0.15) is 0 Å². The van der Waals surface area contributed by atoms with Gasteiger partial charge in [-0.2, -0.15) is 0 Å². The predicted molar refractivity (Wildman–Crippen MR) is 35.6 cm³/mol. The van der Waals surface area contributed by atoms with E-state index in [1.165, 1.54) is 0 Å². The van der Waals surface area contributed by atoms with Crippen LogP contribution in [0.25, 0.3) is 0 Å². The molecule has 0 aromatic heterocycles. The number of ether oxygens (including phenoxy) is 1. The van der Waals surface area contributed by atoms with Crippen molar-refractivity contribution in [2.75, 3.05) is 6.61 Å². The van der Waals surface area contributed by atoms with E-state index in [9.17, 15) is 0 Å². The third kappa shape index (κ3) is 5.28. The molecule has 0 atom stereocenters. The van der Waals surface area contributed by atoms with Crippen LogP contribution < -0.4 is 0 Å². The zero-order chi connectivity index (χ0) is 6.24. The van der Waals surface area contributed by atoms with Gasteiger partial charge in [0.25, 0.3) is 0 Å². The normalized spacial score (nSPS) is 9.62. The number of hydrogen-bond acceptors (Lipinski definition) is 1. The Morgan fingerprint density at radius 2 is 2.38 bits per heavy atom. The van der Waals surface area contributed by atoms with Crippen LogP contribution in [0.2, 0.25) is 0 Å². The van der Waals surface area contributed by atoms with Gasteiger partial charge in [0.05, 0.1) is 12.9 Å². The molecule has 0 saturated heterocycles. The summed E-state index contributed by atoms with van der Waals surface area (Å²) in [6, 6.07) is 0. The van der Waals surface area contributed by atoms with Gasteiger partial charge in [0.15, 0.2) is 0 Å². The van der Waals surface area contributed by atoms with Crippen molar-refractivity contribution < 1.29 is 4.74 Å². The van der Waals surface area contributed by atoms with Crippen LogP contribution in [0.15, 0.2) is 25.0 Å². The lowest BCUT2D eigenvalue weighted by Crippen LogP contribution is -1.81. The first-order chi connectivity index (χ1) is 3.91. The van der Waals surface area contributed by atoms with Crippen molar-refractivity contribution in [2.45, 2.75) is 13.3 Å². The second kappa shape index (κ2) is 6.28. The Morgan fingerprint density at radius 1 is 1.62 bits per heavy atom. The van der Waals surface area contributed by atoms with Crippen molar-refractivity contribution >= 4 is 0 Å². The molecule has 0 N–H and O–H groups in total. The zero-order valence-corrected chi connectivity index (χ0v) is 5.26. The lowest BCUT2D eigenvalue weighted by atomic mass is 10.5. The van der Waals surface area contributed by atoms with Gasteiger partial charge in [-0.1, -0.05) is 12.2 Å². The molecule has 0 aliphatic rings. The highest BCUT2D eigenvalue weighted by Gasteiger charge is 1.73. The Morgan fingerprint density at radius 3 is 2.88 bits per heavy atom. The Balaban J connectivity index is 2.82. The van der Waals surface area contributed by atoms with Crippen molar-refractivity contribution in [3.05, 3.63) is 25.0 Å². The van der Waals surface area contributed by atoms with Crippen LogP contribution >= 0.6 is 0 Å². The molecular formula is C7H12O. The Kier molecular flexibility index (Phi) is 5.71. The van der Waals surface area contributed by atoms with Crippen LogP contribution in [0.4, 0.5) is 0 Å². The molecule has 0 aromatic carbocycles. The SMILES string of the molecule is C=CCCOC=CC. The molecule has 0 aliphatic carbocycles. The van der Waals surface area contributed by atoms with Crippen LogP contribution in [0.3, 0.4) is 0 Å². The Bertz CT molecular complexity index is 74.5. The summed E-state index contributed by atoms with van der Waals surface area (Å²) in [5.74, 6) is 0. The highest BCUT2D eigenvalue weighted by Crippen LogP contribution is 1.82. The average molecular weight is 112 g/mol. The number of hydrogen-bond donors (Lipinski definition) is 0. The van der Waals surface area contributed by atoms with Gasteiger partial charge in [-0.15, -0.1) is 6.58 Å². The summed E-state index contributed by atoms with van der Waals surface area (Å²) in [5, 5.41) is 0. The van der Waals surface area contributed by atoms with E-state index in [0.717, 1.165) is 13.0 Å². The second-order valence-corrected chi connectivity index (χ2v) is 1.42. The third-order valence-electron chi connectivity index (χ3n) is 0.672. The average Bonchev–Trinajstić information content (AvgIpc) is 1.81. The number of allylic oxidation sites excluding steroid dienone is 1. The van der Waals surface area contributed by atoms with Gasteiger partial charge in [-0.3, -0.25) is 0 Å². The van der Waals surface area contributed by atoms with E-state index in [4.69, 9.17) is 4.74 Å². The summed E-state index contributed by atoms with van der Waals surface area (Å²) in [4.78, 5) is 0. The molecule has 0 rings (SSSR count). The summed E-state index contributed by atoms with van der Waals surface area (Å²) in [6.07, 6.45) is 6.31. The molecule has 0 aliphatic heterocycles. The van der Waals surface area contributed by atoms with Crippen LogP contribution in [0.5, 0.6) is 0 Å². The van der Waals surface area contributed by atoms with Crippen LogP contribution in [0.1, 0.15) is 13.3 Å². The summed E-state index contributed by atoms with van der Waals surface area (Å²) in [5.41, 5.74) is 0. The molecule has 0 amide bonds. The van der Waals surface area contributed by atoms with E-state index < -0.39 is 0 Å². The smallest absolute Gasteiger partial charge is 0.0907 e. The van der Waals surface area contributed by atoms with Crippen molar-refractivity contribution in [3.8, 4) is 0 Å². The summed E-state index contributed by atoms with van der Waals surface area (Å²) < 4.78 is 4.97. The van der Waals surface area contributed by atoms with Gasteiger partial charge >= 0.3 is 0 Å². The summed E-state index contributed by atoms with van der Waals surface area (Å²) >= 11 is 0. The fourth-order valence-electron chi connectivity index (χ4n) is 0.316. The molecule has 0 fully saturated rings. The lowest BCUT2D eigenvalue weighted by Gasteiger charge is -1.92. The maximum absolute atomic E-state index is 4.97. The van der Waals surface area contributed by atoms with Crippen molar-refractivity contribution in [3.63, 3.8) is 0 Å². The van der Waals surface area contributed by atoms with Gasteiger partial charge < -0.3 is 4.74 Å². The van der Waals surface area contributed by atoms with Crippen LogP contribution in [-0.4, -0.2) is 6.61 Å². The van der Waals surface area contributed by atoms with E-state index in [-0.39, 0.29) is 0 Å². The van der Waals surface area contributed by atoms with Gasteiger partial charge in [-0.25, -0.2) is 0 Å². The molecule has 46 valence electrons. The first-order valence-electron chi connectivity index (χ1n) is 2.75. The fraction of sp³-hybridized carbons (Fsp3) is 0.429. The van der Waals surface area contributed by atoms with E-state index in [1.54, 1.807) is 6.26 Å². The standard InChI is InChI=1S/C7H12O/c1-3-5-7-8-6-4-2/h3-4,6H,1,5,7H2,2H3. The molecule has 1 nitrogen and oxygen atoms in total. The zero-order valence-electron chi connectivity index (χ0n) is 5.26. The minimum Gasteiger partial charge on any atom is -0.501 e. The molecule has 8 heavy (non-hydrogen) atoms. The lowest BCUT2D eigenvalue weighted by molar-refractivity contribution is 0.256. The molecule has 0 spiro atoms. The van der Waals surface area contributed by atoms with Crippen molar-refractivity contribution in [1.82, 2.24) is 0 Å². The molecule has 0 saturated carbocycles. The van der Waals surface area contributed by atoms with Crippen LogP contribution in [-0.2, 0) is 4.74 Å². The van der Waals surface area contributed by atoms with Gasteiger partial charge in [0.2, 0.25) is 0 Å². The maximum Gasteiger partial charge on any atom is 0.0907 e. The second-order valence-electron chi connectivity index (χ2n) is 1.42. The molecule has 0 heterocycles. The largest absolute Gasteiger partial charge is 0.501 e. The predicted octanol–water partition coefficient (Wildman–Crippen LogP) is 2.11. The van der Waals surface area contributed by atoms with E-state index in [1.807, 2.05) is 19.1 Å². The van der Waals surface area contributed by atoms with Crippen LogP contribution in [0, 0.1) is 0 Å². The molecule has 0 radical (unpaired) electrons. The first-order valence-corrected chi connectivity index (χ1v) is 2.75. The van der Waals surface area contributed by atoms with E-state index >= 15 is 0 Å². The molecule has 0 bridgehead atoms. The summed E-state index contributed by atoms with van der Waals surface area (Å²) in [7, 11) is 0. The maximum atomic E-state index is 4.97. The molecule has 0 unspecified atom stereocenters.